The van der Waals surface area contributed by atoms with Crippen molar-refractivity contribution in [1.29, 1.82) is 0 Å². The number of hydrogen-bond donors (Lipinski definition) is 2. The first-order valence-electron chi connectivity index (χ1n) is 5.34. The average molecular weight is 205 g/mol. The summed E-state index contributed by atoms with van der Waals surface area (Å²) in [6, 6.07) is 6.37. The molecule has 80 valence electrons. The summed E-state index contributed by atoms with van der Waals surface area (Å²) in [6.07, 6.45) is 0. The second-order valence-electron chi connectivity index (χ2n) is 4.09. The van der Waals surface area contributed by atoms with Crippen molar-refractivity contribution in [3.05, 3.63) is 18.2 Å². The summed E-state index contributed by atoms with van der Waals surface area (Å²) in [4.78, 5) is 2.41. The topological polar surface area (TPSA) is 50.5 Å². The Hall–Kier alpha value is -1.42. The highest BCUT2D eigenvalue weighted by Crippen LogP contribution is 2.35. The predicted molar refractivity (Wildman–Crippen MR) is 60.4 cm³/mol. The molecule has 1 aromatic rings. The Kier molecular flexibility index (Phi) is 1.95. The second-order valence-corrected chi connectivity index (χ2v) is 4.09. The Morgan fingerprint density at radius 1 is 1.47 bits per heavy atom. The Balaban J connectivity index is 1.99. The van der Waals surface area contributed by atoms with Crippen molar-refractivity contribution in [3.8, 4) is 5.75 Å². The summed E-state index contributed by atoms with van der Waals surface area (Å²) in [7, 11) is 0. The van der Waals surface area contributed by atoms with Crippen molar-refractivity contribution in [2.45, 2.75) is 6.04 Å². The number of hydrogen-bond acceptors (Lipinski definition) is 4. The van der Waals surface area contributed by atoms with Gasteiger partial charge in [0.25, 0.3) is 0 Å². The molecule has 0 amide bonds. The van der Waals surface area contributed by atoms with E-state index in [1.807, 2.05) is 12.1 Å². The van der Waals surface area contributed by atoms with Crippen LogP contribution in [0, 0.1) is 0 Å². The van der Waals surface area contributed by atoms with Crippen molar-refractivity contribution in [2.75, 3.05) is 36.9 Å². The van der Waals surface area contributed by atoms with Crippen LogP contribution in [0.4, 0.5) is 11.4 Å². The Bertz CT molecular complexity index is 380. The van der Waals surface area contributed by atoms with Crippen LogP contribution in [0.25, 0.3) is 0 Å². The number of anilines is 2. The third-order valence-corrected chi connectivity index (χ3v) is 3.07. The molecule has 3 rings (SSSR count). The van der Waals surface area contributed by atoms with Crippen LogP contribution < -0.4 is 20.7 Å². The lowest BCUT2D eigenvalue weighted by molar-refractivity contribution is 0.247. The van der Waals surface area contributed by atoms with E-state index in [0.717, 1.165) is 37.7 Å². The first kappa shape index (κ1) is 8.85. The highest BCUT2D eigenvalue weighted by Gasteiger charge is 2.29. The van der Waals surface area contributed by atoms with Crippen molar-refractivity contribution in [1.82, 2.24) is 5.32 Å². The van der Waals surface area contributed by atoms with Gasteiger partial charge in [0, 0.05) is 31.4 Å². The van der Waals surface area contributed by atoms with E-state index in [1.165, 1.54) is 5.69 Å². The maximum atomic E-state index is 5.74. The Labute approximate surface area is 89.0 Å². The summed E-state index contributed by atoms with van der Waals surface area (Å²) < 4.78 is 5.71. The lowest BCUT2D eigenvalue weighted by atomic mass is 10.1. The van der Waals surface area contributed by atoms with Gasteiger partial charge in [0.15, 0.2) is 0 Å². The van der Waals surface area contributed by atoms with Gasteiger partial charge in [-0.3, -0.25) is 0 Å². The molecule has 0 spiro atoms. The molecule has 0 radical (unpaired) electrons. The molecule has 0 unspecified atom stereocenters. The zero-order valence-corrected chi connectivity index (χ0v) is 8.57. The molecule has 1 atom stereocenters. The van der Waals surface area contributed by atoms with Crippen molar-refractivity contribution >= 4 is 11.4 Å². The lowest BCUT2D eigenvalue weighted by Gasteiger charge is -2.41. The lowest BCUT2D eigenvalue weighted by Crippen LogP contribution is -2.55. The van der Waals surface area contributed by atoms with Crippen LogP contribution >= 0.6 is 0 Å². The number of nitrogen functional groups attached to an aromatic ring is 1. The minimum atomic E-state index is 0.467. The van der Waals surface area contributed by atoms with Gasteiger partial charge in [0.2, 0.25) is 0 Å². The highest BCUT2D eigenvalue weighted by molar-refractivity contribution is 5.65. The molecule has 3 N–H and O–H groups in total. The van der Waals surface area contributed by atoms with Crippen LogP contribution in [0.15, 0.2) is 18.2 Å². The van der Waals surface area contributed by atoms with Gasteiger partial charge in [0.05, 0.1) is 11.7 Å². The van der Waals surface area contributed by atoms with Crippen LogP contribution in [-0.2, 0) is 0 Å². The van der Waals surface area contributed by atoms with Gasteiger partial charge in [0.1, 0.15) is 12.4 Å². The van der Waals surface area contributed by atoms with E-state index in [0.29, 0.717) is 6.04 Å². The zero-order chi connectivity index (χ0) is 10.3. The number of rotatable bonds is 0. The third-order valence-electron chi connectivity index (χ3n) is 3.07. The predicted octanol–water partition coefficient (Wildman–Crippen LogP) is 0.439. The minimum absolute atomic E-state index is 0.467. The second kappa shape index (κ2) is 3.31. The van der Waals surface area contributed by atoms with Gasteiger partial charge in [-0.25, -0.2) is 0 Å². The normalized spacial score (nSPS) is 24.0. The van der Waals surface area contributed by atoms with Gasteiger partial charge >= 0.3 is 0 Å². The third kappa shape index (κ3) is 1.41. The van der Waals surface area contributed by atoms with E-state index in [1.54, 1.807) is 0 Å². The molecule has 0 saturated carbocycles. The number of piperazine rings is 1. The number of nitrogens with one attached hydrogen (secondary N) is 1. The number of nitrogens with zero attached hydrogens (tertiary/aromatic N) is 1. The van der Waals surface area contributed by atoms with E-state index >= 15 is 0 Å². The SMILES string of the molecule is Nc1ccc2c(c1)OC[C@H]1CNCCN21. The van der Waals surface area contributed by atoms with Crippen LogP contribution in [0.2, 0.25) is 0 Å². The number of fused-ring (bicyclic) bond motifs is 3. The van der Waals surface area contributed by atoms with E-state index in [2.05, 4.69) is 16.3 Å². The summed E-state index contributed by atoms with van der Waals surface area (Å²) in [5.41, 5.74) is 7.69. The summed E-state index contributed by atoms with van der Waals surface area (Å²) >= 11 is 0. The number of benzene rings is 1. The van der Waals surface area contributed by atoms with Crippen LogP contribution in [0.3, 0.4) is 0 Å². The van der Waals surface area contributed by atoms with Crippen LogP contribution in [-0.4, -0.2) is 32.3 Å². The maximum Gasteiger partial charge on any atom is 0.144 e. The van der Waals surface area contributed by atoms with Crippen molar-refractivity contribution in [3.63, 3.8) is 0 Å². The van der Waals surface area contributed by atoms with Gasteiger partial charge in [-0.1, -0.05) is 0 Å². The molecule has 2 aliphatic heterocycles. The molecular weight excluding hydrogens is 190 g/mol. The fourth-order valence-electron chi connectivity index (χ4n) is 2.30. The molecule has 2 aliphatic rings. The summed E-state index contributed by atoms with van der Waals surface area (Å²) in [5.74, 6) is 0.924. The molecule has 0 aliphatic carbocycles. The van der Waals surface area contributed by atoms with Crippen molar-refractivity contribution in [2.24, 2.45) is 0 Å². The molecule has 2 heterocycles. The highest BCUT2D eigenvalue weighted by atomic mass is 16.5. The monoisotopic (exact) mass is 205 g/mol. The Morgan fingerprint density at radius 2 is 2.40 bits per heavy atom. The van der Waals surface area contributed by atoms with Gasteiger partial charge in [-0.15, -0.1) is 0 Å². The standard InChI is InChI=1S/C11H15N3O/c12-8-1-2-10-11(5-8)15-7-9-6-13-3-4-14(9)10/h1-2,5,9,13H,3-4,6-7,12H2/t9-/m1/s1. The molecule has 1 aromatic carbocycles. The fraction of sp³-hybridized carbons (Fsp3) is 0.455. The molecule has 1 fully saturated rings. The molecule has 0 bridgehead atoms. The summed E-state index contributed by atoms with van der Waals surface area (Å²) in [5, 5.41) is 3.38. The zero-order valence-electron chi connectivity index (χ0n) is 8.57. The Morgan fingerprint density at radius 3 is 3.33 bits per heavy atom. The van der Waals surface area contributed by atoms with Crippen LogP contribution in [0.1, 0.15) is 0 Å². The van der Waals surface area contributed by atoms with Crippen molar-refractivity contribution < 1.29 is 4.74 Å². The smallest absolute Gasteiger partial charge is 0.144 e. The number of nitrogens with two attached hydrogens (primary N) is 1. The first-order valence-corrected chi connectivity index (χ1v) is 5.34. The maximum absolute atomic E-state index is 5.74. The average Bonchev–Trinajstić information content (AvgIpc) is 2.28. The van der Waals surface area contributed by atoms with Crippen LogP contribution in [0.5, 0.6) is 5.75 Å². The fourth-order valence-corrected chi connectivity index (χ4v) is 2.30. The van der Waals surface area contributed by atoms with E-state index in [4.69, 9.17) is 10.5 Å². The molecule has 0 aromatic heterocycles. The molecule has 4 heteroatoms. The van der Waals surface area contributed by atoms with Gasteiger partial charge < -0.3 is 20.7 Å². The largest absolute Gasteiger partial charge is 0.489 e. The summed E-state index contributed by atoms with van der Waals surface area (Å²) in [6.45, 7) is 3.85. The molecule has 1 saturated heterocycles. The quantitative estimate of drug-likeness (QED) is 0.603. The van der Waals surface area contributed by atoms with E-state index < -0.39 is 0 Å². The number of ether oxygens (including phenoxy) is 1. The first-order chi connectivity index (χ1) is 7.34. The molecule has 4 nitrogen and oxygen atoms in total. The van der Waals surface area contributed by atoms with E-state index in [-0.39, 0.29) is 0 Å². The van der Waals surface area contributed by atoms with E-state index in [9.17, 15) is 0 Å². The molecular formula is C11H15N3O. The minimum Gasteiger partial charge on any atom is -0.489 e. The molecule has 15 heavy (non-hydrogen) atoms. The van der Waals surface area contributed by atoms with Gasteiger partial charge in [-0.05, 0) is 12.1 Å². The van der Waals surface area contributed by atoms with Gasteiger partial charge in [-0.2, -0.15) is 0 Å².